The van der Waals surface area contributed by atoms with Gasteiger partial charge in [0.15, 0.2) is 0 Å². The van der Waals surface area contributed by atoms with E-state index in [1.54, 1.807) is 13.8 Å². The molecule has 1 rings (SSSR count). The van der Waals surface area contributed by atoms with Gasteiger partial charge in [0.05, 0.1) is 16.5 Å². The average molecular weight is 279 g/mol. The molecule has 1 aromatic rings. The molecule has 1 aromatic heterocycles. The first-order chi connectivity index (χ1) is 7.65. The van der Waals surface area contributed by atoms with Crippen LogP contribution in [0.3, 0.4) is 0 Å². The Bertz CT molecular complexity index is 500. The average Bonchev–Trinajstić information content (AvgIpc) is 2.15. The fourth-order valence-electron chi connectivity index (χ4n) is 1.04. The zero-order valence-electron chi connectivity index (χ0n) is 9.81. The molecule has 0 aliphatic rings. The molecule has 96 valence electrons. The Hall–Kier alpha value is -0.690. The van der Waals surface area contributed by atoms with E-state index in [2.05, 4.69) is 9.71 Å². The monoisotopic (exact) mass is 278 g/mol. The van der Waals surface area contributed by atoms with Crippen LogP contribution in [0.2, 0.25) is 5.15 Å². The summed E-state index contributed by atoms with van der Waals surface area (Å²) in [7, 11) is -3.72. The molecule has 0 spiro atoms. The molecule has 0 aliphatic heterocycles. The van der Waals surface area contributed by atoms with Gasteiger partial charge in [0.2, 0.25) is 10.0 Å². The van der Waals surface area contributed by atoms with E-state index in [0.29, 0.717) is 0 Å². The molecule has 0 fully saturated rings. The minimum absolute atomic E-state index is 0.0197. The second-order valence-corrected chi connectivity index (χ2v) is 6.39. The molecule has 0 aliphatic carbocycles. The Balaban J connectivity index is 3.06. The van der Waals surface area contributed by atoms with Gasteiger partial charge >= 0.3 is 0 Å². The largest absolute Gasteiger partial charge is 0.391 e. The number of nitrogens with one attached hydrogen (secondary N) is 1. The number of pyridine rings is 1. The second-order valence-electron chi connectivity index (χ2n) is 4.32. The molecule has 1 heterocycles. The third-order valence-corrected chi connectivity index (χ3v) is 4.33. The van der Waals surface area contributed by atoms with E-state index < -0.39 is 21.7 Å². The van der Waals surface area contributed by atoms with E-state index in [9.17, 15) is 13.5 Å². The fraction of sp³-hybridized carbons (Fsp3) is 0.500. The summed E-state index contributed by atoms with van der Waals surface area (Å²) in [4.78, 5) is 3.73. The first kappa shape index (κ1) is 14.4. The molecule has 0 aromatic carbocycles. The molecule has 17 heavy (non-hydrogen) atoms. The maximum absolute atomic E-state index is 12.0. The standard InChI is InChI=1S/C10H15ClN2O3S/c1-7(14)10(2,3)13-17(15,16)8-4-5-12-9(11)6-8/h4-7,13-14H,1-3H3. The van der Waals surface area contributed by atoms with Crippen molar-refractivity contribution in [2.45, 2.75) is 37.3 Å². The summed E-state index contributed by atoms with van der Waals surface area (Å²) in [5.74, 6) is 0. The zero-order valence-corrected chi connectivity index (χ0v) is 11.4. The topological polar surface area (TPSA) is 79.3 Å². The van der Waals surface area contributed by atoms with Crippen LogP contribution in [0.1, 0.15) is 20.8 Å². The molecule has 0 saturated heterocycles. The van der Waals surface area contributed by atoms with Crippen molar-refractivity contribution in [3.05, 3.63) is 23.5 Å². The number of hydrogen-bond acceptors (Lipinski definition) is 4. The Kier molecular flexibility index (Phi) is 4.14. The van der Waals surface area contributed by atoms with Crippen molar-refractivity contribution in [1.82, 2.24) is 9.71 Å². The number of hydrogen-bond donors (Lipinski definition) is 2. The number of aliphatic hydroxyl groups excluding tert-OH is 1. The highest BCUT2D eigenvalue weighted by Crippen LogP contribution is 2.17. The molecule has 2 N–H and O–H groups in total. The van der Waals surface area contributed by atoms with E-state index in [0.717, 1.165) is 0 Å². The molecule has 1 atom stereocenters. The van der Waals surface area contributed by atoms with Gasteiger partial charge in [0.1, 0.15) is 5.15 Å². The molecule has 1 unspecified atom stereocenters. The van der Waals surface area contributed by atoms with E-state index in [4.69, 9.17) is 11.6 Å². The first-order valence-electron chi connectivity index (χ1n) is 4.99. The van der Waals surface area contributed by atoms with Gasteiger partial charge in [-0.15, -0.1) is 0 Å². The molecular formula is C10H15ClN2O3S. The number of halogens is 1. The number of sulfonamides is 1. The molecule has 0 radical (unpaired) electrons. The maximum atomic E-state index is 12.0. The predicted molar refractivity (Wildman–Crippen MR) is 65.3 cm³/mol. The summed E-state index contributed by atoms with van der Waals surface area (Å²) in [6, 6.07) is 2.59. The van der Waals surface area contributed by atoms with Crippen molar-refractivity contribution in [2.24, 2.45) is 0 Å². The van der Waals surface area contributed by atoms with Crippen molar-refractivity contribution in [2.75, 3.05) is 0 Å². The van der Waals surface area contributed by atoms with E-state index in [-0.39, 0.29) is 10.0 Å². The van der Waals surface area contributed by atoms with Gasteiger partial charge in [-0.3, -0.25) is 0 Å². The van der Waals surface area contributed by atoms with Crippen molar-refractivity contribution in [3.63, 3.8) is 0 Å². The number of aliphatic hydroxyl groups is 1. The van der Waals surface area contributed by atoms with Crippen LogP contribution in [-0.4, -0.2) is 30.2 Å². The minimum atomic E-state index is -3.72. The van der Waals surface area contributed by atoms with Crippen LogP contribution >= 0.6 is 11.6 Å². The lowest BCUT2D eigenvalue weighted by Gasteiger charge is -2.28. The summed E-state index contributed by atoms with van der Waals surface area (Å²) < 4.78 is 26.4. The highest BCUT2D eigenvalue weighted by Gasteiger charge is 2.30. The van der Waals surface area contributed by atoms with Crippen LogP contribution < -0.4 is 4.72 Å². The van der Waals surface area contributed by atoms with Crippen LogP contribution in [-0.2, 0) is 10.0 Å². The van der Waals surface area contributed by atoms with Crippen molar-refractivity contribution >= 4 is 21.6 Å². The Morgan fingerprint density at radius 2 is 2.12 bits per heavy atom. The summed E-state index contributed by atoms with van der Waals surface area (Å²) in [6.45, 7) is 4.71. The summed E-state index contributed by atoms with van der Waals surface area (Å²) >= 11 is 5.63. The van der Waals surface area contributed by atoms with Gasteiger partial charge in [-0.05, 0) is 32.9 Å². The predicted octanol–water partition coefficient (Wildman–Crippen LogP) is 1.17. The maximum Gasteiger partial charge on any atom is 0.241 e. The highest BCUT2D eigenvalue weighted by atomic mass is 35.5. The van der Waals surface area contributed by atoms with Crippen LogP contribution in [0.15, 0.2) is 23.2 Å². The fourth-order valence-corrected chi connectivity index (χ4v) is 2.77. The molecule has 0 bridgehead atoms. The molecule has 7 heteroatoms. The summed E-state index contributed by atoms with van der Waals surface area (Å²) in [5.41, 5.74) is -0.964. The first-order valence-corrected chi connectivity index (χ1v) is 6.85. The Morgan fingerprint density at radius 3 is 2.59 bits per heavy atom. The highest BCUT2D eigenvalue weighted by molar-refractivity contribution is 7.89. The zero-order chi connectivity index (χ0) is 13.3. The smallest absolute Gasteiger partial charge is 0.241 e. The molecular weight excluding hydrogens is 264 g/mol. The van der Waals surface area contributed by atoms with E-state index in [1.165, 1.54) is 25.3 Å². The van der Waals surface area contributed by atoms with Crippen LogP contribution in [0.25, 0.3) is 0 Å². The van der Waals surface area contributed by atoms with E-state index in [1.807, 2.05) is 0 Å². The minimum Gasteiger partial charge on any atom is -0.391 e. The van der Waals surface area contributed by atoms with Crippen molar-refractivity contribution in [1.29, 1.82) is 0 Å². The van der Waals surface area contributed by atoms with Gasteiger partial charge in [-0.1, -0.05) is 11.6 Å². The second kappa shape index (κ2) is 4.89. The number of nitrogens with zero attached hydrogens (tertiary/aromatic N) is 1. The van der Waals surface area contributed by atoms with Crippen LogP contribution in [0, 0.1) is 0 Å². The molecule has 5 nitrogen and oxygen atoms in total. The summed E-state index contributed by atoms with van der Waals surface area (Å²) in [5, 5.41) is 9.58. The molecule has 0 amide bonds. The Labute approximate surface area is 106 Å². The van der Waals surface area contributed by atoms with Gasteiger partial charge in [-0.2, -0.15) is 0 Å². The number of aromatic nitrogens is 1. The SMILES string of the molecule is CC(O)C(C)(C)NS(=O)(=O)c1ccnc(Cl)c1. The van der Waals surface area contributed by atoms with Gasteiger partial charge in [-0.25, -0.2) is 18.1 Å². The van der Waals surface area contributed by atoms with Gasteiger partial charge in [0, 0.05) is 6.20 Å². The lowest BCUT2D eigenvalue weighted by molar-refractivity contribution is 0.111. The number of rotatable bonds is 4. The summed E-state index contributed by atoms with van der Waals surface area (Å²) in [6.07, 6.45) is 0.487. The van der Waals surface area contributed by atoms with E-state index >= 15 is 0 Å². The van der Waals surface area contributed by atoms with Crippen molar-refractivity contribution < 1.29 is 13.5 Å². The lowest BCUT2D eigenvalue weighted by atomic mass is 10.0. The normalized spacial score (nSPS) is 14.6. The van der Waals surface area contributed by atoms with Crippen LogP contribution in [0.4, 0.5) is 0 Å². The van der Waals surface area contributed by atoms with Crippen molar-refractivity contribution in [3.8, 4) is 0 Å². The third-order valence-electron chi connectivity index (χ3n) is 2.45. The molecule has 0 saturated carbocycles. The quantitative estimate of drug-likeness (QED) is 0.811. The van der Waals surface area contributed by atoms with Gasteiger partial charge in [0.25, 0.3) is 0 Å². The lowest BCUT2D eigenvalue weighted by Crippen LogP contribution is -2.50. The van der Waals surface area contributed by atoms with Gasteiger partial charge < -0.3 is 5.11 Å². The Morgan fingerprint density at radius 1 is 1.53 bits per heavy atom. The van der Waals surface area contributed by atoms with Crippen LogP contribution in [0.5, 0.6) is 0 Å². The third kappa shape index (κ3) is 3.64.